The largest absolute Gasteiger partial charge is 0.451 e. The maximum Gasteiger partial charge on any atom is 0.326 e. The summed E-state index contributed by atoms with van der Waals surface area (Å²) in [6.45, 7) is 1.50. The van der Waals surface area contributed by atoms with Crippen LogP contribution < -0.4 is 5.32 Å². The Morgan fingerprint density at radius 3 is 2.57 bits per heavy atom. The third-order valence-corrected chi connectivity index (χ3v) is 3.38. The molecule has 0 unspecified atom stereocenters. The van der Waals surface area contributed by atoms with Gasteiger partial charge in [0.15, 0.2) is 6.10 Å². The molecule has 23 heavy (non-hydrogen) atoms. The number of rotatable bonds is 5. The summed E-state index contributed by atoms with van der Waals surface area (Å²) in [6.07, 6.45) is -0.191. The molecule has 0 radical (unpaired) electrons. The zero-order valence-electron chi connectivity index (χ0n) is 12.5. The van der Waals surface area contributed by atoms with E-state index in [1.165, 1.54) is 11.8 Å². The van der Waals surface area contributed by atoms with Gasteiger partial charge in [0, 0.05) is 13.0 Å². The van der Waals surface area contributed by atoms with Crippen molar-refractivity contribution in [3.05, 3.63) is 29.8 Å². The van der Waals surface area contributed by atoms with Crippen molar-refractivity contribution in [2.75, 3.05) is 18.4 Å². The van der Waals surface area contributed by atoms with Crippen molar-refractivity contribution >= 4 is 23.5 Å². The number of nitrogens with one attached hydrogen (secondary N) is 1. The predicted octanol–water partition coefficient (Wildman–Crippen LogP) is 1.46. The zero-order valence-corrected chi connectivity index (χ0v) is 12.5. The summed E-state index contributed by atoms with van der Waals surface area (Å²) in [5, 5.41) is 2.04. The normalized spacial score (nSPS) is 15.4. The third kappa shape index (κ3) is 4.24. The van der Waals surface area contributed by atoms with E-state index in [1.807, 2.05) is 5.32 Å². The minimum absolute atomic E-state index is 0.146. The van der Waals surface area contributed by atoms with E-state index in [9.17, 15) is 23.2 Å². The maximum absolute atomic E-state index is 13.4. The van der Waals surface area contributed by atoms with Gasteiger partial charge in [-0.15, -0.1) is 0 Å². The molecule has 2 amide bonds. The van der Waals surface area contributed by atoms with Gasteiger partial charge in [0.2, 0.25) is 5.91 Å². The molecule has 1 N–H and O–H groups in total. The maximum atomic E-state index is 13.4. The Hall–Kier alpha value is -2.51. The van der Waals surface area contributed by atoms with Crippen molar-refractivity contribution in [2.45, 2.75) is 25.9 Å². The summed E-state index contributed by atoms with van der Waals surface area (Å²) >= 11 is 0. The lowest BCUT2D eigenvalue weighted by atomic mass is 10.2. The van der Waals surface area contributed by atoms with Crippen LogP contribution in [0.15, 0.2) is 18.2 Å². The molecule has 1 aromatic carbocycles. The van der Waals surface area contributed by atoms with Crippen LogP contribution in [0.5, 0.6) is 0 Å². The van der Waals surface area contributed by atoms with Gasteiger partial charge in [-0.3, -0.25) is 14.4 Å². The van der Waals surface area contributed by atoms with Gasteiger partial charge in [0.25, 0.3) is 5.91 Å². The molecule has 0 aliphatic carbocycles. The molecule has 1 heterocycles. The van der Waals surface area contributed by atoms with E-state index in [2.05, 4.69) is 0 Å². The number of hydrogen-bond acceptors (Lipinski definition) is 4. The molecule has 124 valence electrons. The smallest absolute Gasteiger partial charge is 0.326 e. The van der Waals surface area contributed by atoms with Crippen LogP contribution in [0.4, 0.5) is 14.5 Å². The number of nitrogens with zero attached hydrogens (tertiary/aromatic N) is 1. The molecule has 1 aliphatic rings. The van der Waals surface area contributed by atoms with Crippen LogP contribution in [0.25, 0.3) is 0 Å². The monoisotopic (exact) mass is 326 g/mol. The molecule has 0 bridgehead atoms. The van der Waals surface area contributed by atoms with Crippen molar-refractivity contribution in [2.24, 2.45) is 0 Å². The number of benzene rings is 1. The Morgan fingerprint density at radius 2 is 2.00 bits per heavy atom. The standard InChI is InChI=1S/C15H16F2N2O4/c1-9(23-13(21)8-19-7-3-6-12(19)20)15(22)18-14-10(16)4-2-5-11(14)17/h2,4-5,9H,3,6-8H2,1H3,(H,18,22)/t9-/m0/s1. The molecular weight excluding hydrogens is 310 g/mol. The number of carbonyl (C=O) groups excluding carboxylic acids is 3. The van der Waals surface area contributed by atoms with Crippen LogP contribution >= 0.6 is 0 Å². The van der Waals surface area contributed by atoms with Gasteiger partial charge < -0.3 is 15.0 Å². The van der Waals surface area contributed by atoms with Crippen LogP contribution in [0.2, 0.25) is 0 Å². The molecule has 1 fully saturated rings. The van der Waals surface area contributed by atoms with Crippen molar-refractivity contribution < 1.29 is 27.9 Å². The van der Waals surface area contributed by atoms with Crippen LogP contribution in [-0.2, 0) is 19.1 Å². The molecule has 1 atom stereocenters. The van der Waals surface area contributed by atoms with Crippen LogP contribution in [0, 0.1) is 11.6 Å². The van der Waals surface area contributed by atoms with Gasteiger partial charge in [0.1, 0.15) is 23.9 Å². The quantitative estimate of drug-likeness (QED) is 0.831. The first kappa shape index (κ1) is 16.9. The van der Waals surface area contributed by atoms with Crippen LogP contribution in [0.1, 0.15) is 19.8 Å². The fraction of sp³-hybridized carbons (Fsp3) is 0.400. The van der Waals surface area contributed by atoms with E-state index >= 15 is 0 Å². The fourth-order valence-corrected chi connectivity index (χ4v) is 2.16. The minimum Gasteiger partial charge on any atom is -0.451 e. The molecule has 2 rings (SSSR count). The highest BCUT2D eigenvalue weighted by atomic mass is 19.1. The first-order chi connectivity index (χ1) is 10.9. The molecule has 1 aromatic rings. The van der Waals surface area contributed by atoms with Crippen LogP contribution in [-0.4, -0.2) is 41.9 Å². The lowest BCUT2D eigenvalue weighted by Gasteiger charge is -2.17. The number of carbonyl (C=O) groups is 3. The fourth-order valence-electron chi connectivity index (χ4n) is 2.16. The topological polar surface area (TPSA) is 75.7 Å². The Balaban J connectivity index is 1.89. The summed E-state index contributed by atoms with van der Waals surface area (Å²) in [5.41, 5.74) is -0.602. The lowest BCUT2D eigenvalue weighted by Crippen LogP contribution is -2.36. The summed E-state index contributed by atoms with van der Waals surface area (Å²) in [7, 11) is 0. The van der Waals surface area contributed by atoms with E-state index in [4.69, 9.17) is 4.74 Å². The SMILES string of the molecule is C[C@H](OC(=O)CN1CCCC1=O)C(=O)Nc1c(F)cccc1F. The number of likely N-dealkylation sites (tertiary alicyclic amines) is 1. The highest BCUT2D eigenvalue weighted by molar-refractivity contribution is 5.95. The molecule has 8 heteroatoms. The summed E-state index contributed by atoms with van der Waals surface area (Å²) < 4.78 is 31.8. The van der Waals surface area contributed by atoms with E-state index < -0.39 is 35.3 Å². The first-order valence-electron chi connectivity index (χ1n) is 7.10. The van der Waals surface area contributed by atoms with Crippen molar-refractivity contribution in [3.8, 4) is 0 Å². The minimum atomic E-state index is -1.25. The Morgan fingerprint density at radius 1 is 1.35 bits per heavy atom. The summed E-state index contributed by atoms with van der Waals surface area (Å²) in [5.74, 6) is -3.63. The van der Waals surface area contributed by atoms with Gasteiger partial charge in [-0.25, -0.2) is 8.78 Å². The predicted molar refractivity (Wildman–Crippen MR) is 76.4 cm³/mol. The number of amides is 2. The van der Waals surface area contributed by atoms with Gasteiger partial charge in [-0.2, -0.15) is 0 Å². The van der Waals surface area contributed by atoms with E-state index in [0.717, 1.165) is 18.2 Å². The number of hydrogen-bond donors (Lipinski definition) is 1. The number of esters is 1. The van der Waals surface area contributed by atoms with Crippen molar-refractivity contribution in [1.29, 1.82) is 0 Å². The highest BCUT2D eigenvalue weighted by Crippen LogP contribution is 2.18. The molecule has 0 aromatic heterocycles. The Bertz CT molecular complexity index is 616. The number of anilines is 1. The molecule has 1 aliphatic heterocycles. The van der Waals surface area contributed by atoms with E-state index in [0.29, 0.717) is 19.4 Å². The van der Waals surface area contributed by atoms with E-state index in [1.54, 1.807) is 0 Å². The third-order valence-electron chi connectivity index (χ3n) is 3.38. The second kappa shape index (κ2) is 7.17. The van der Waals surface area contributed by atoms with Crippen LogP contribution in [0.3, 0.4) is 0 Å². The first-order valence-corrected chi connectivity index (χ1v) is 7.10. The second-order valence-electron chi connectivity index (χ2n) is 5.14. The number of ether oxygens (including phenoxy) is 1. The lowest BCUT2D eigenvalue weighted by molar-refractivity contribution is -0.155. The highest BCUT2D eigenvalue weighted by Gasteiger charge is 2.26. The average molecular weight is 326 g/mol. The molecule has 6 nitrogen and oxygen atoms in total. The van der Waals surface area contributed by atoms with Gasteiger partial charge >= 0.3 is 5.97 Å². The molecular formula is C15H16F2N2O4. The van der Waals surface area contributed by atoms with Gasteiger partial charge in [-0.1, -0.05) is 6.07 Å². The van der Waals surface area contributed by atoms with Gasteiger partial charge in [-0.05, 0) is 25.5 Å². The summed E-state index contributed by atoms with van der Waals surface area (Å²) in [4.78, 5) is 36.3. The second-order valence-corrected chi connectivity index (χ2v) is 5.14. The Kier molecular flexibility index (Phi) is 5.25. The van der Waals surface area contributed by atoms with Crippen molar-refractivity contribution in [3.63, 3.8) is 0 Å². The molecule has 0 spiro atoms. The summed E-state index contributed by atoms with van der Waals surface area (Å²) in [6, 6.07) is 3.15. The van der Waals surface area contributed by atoms with E-state index in [-0.39, 0.29) is 12.5 Å². The Labute approximate surface area is 131 Å². The zero-order chi connectivity index (χ0) is 17.0. The van der Waals surface area contributed by atoms with Crippen molar-refractivity contribution in [1.82, 2.24) is 4.90 Å². The number of para-hydroxylation sites is 1. The average Bonchev–Trinajstić information content (AvgIpc) is 2.88. The molecule has 0 saturated carbocycles. The molecule has 1 saturated heterocycles. The number of halogens is 2. The van der Waals surface area contributed by atoms with Gasteiger partial charge in [0.05, 0.1) is 0 Å².